The smallest absolute Gasteiger partial charge is 0.475 e. The van der Waals surface area contributed by atoms with Crippen LogP contribution in [0.4, 0.5) is 32.2 Å². The minimum absolute atomic E-state index is 1.03. The molecule has 15 heteroatoms. The standard InChI is InChI=1S/C19H22N4S.2C2HF3O2/c1-3-22-8-10-23(11-9-22)18-17-16(12-24-19(17)21-13-20-18)15-6-4-14(2)5-7-15;2*3-2(4,5)1(6)7/h4-7,12-13H,3,8-11H2,1-2H3;2*(H,6,7). The number of piperazine rings is 1. The molecule has 4 rings (SSSR count). The molecule has 1 aliphatic rings. The fourth-order valence-corrected chi connectivity index (χ4v) is 4.23. The Bertz CT molecular complexity index is 1200. The molecule has 208 valence electrons. The molecule has 1 aliphatic heterocycles. The van der Waals surface area contributed by atoms with Crippen molar-refractivity contribution in [2.45, 2.75) is 26.2 Å². The van der Waals surface area contributed by atoms with Gasteiger partial charge in [0, 0.05) is 37.1 Å². The fraction of sp³-hybridized carbons (Fsp3) is 0.391. The van der Waals surface area contributed by atoms with Crippen molar-refractivity contribution >= 4 is 39.3 Å². The highest BCUT2D eigenvalue weighted by Gasteiger charge is 2.38. The third-order valence-electron chi connectivity index (χ3n) is 5.32. The molecule has 0 spiro atoms. The maximum Gasteiger partial charge on any atom is 0.490 e. The summed E-state index contributed by atoms with van der Waals surface area (Å²) >= 11 is 1.71. The summed E-state index contributed by atoms with van der Waals surface area (Å²) in [5, 5.41) is 17.7. The first-order chi connectivity index (χ1) is 17.6. The lowest BCUT2D eigenvalue weighted by atomic mass is 10.0. The van der Waals surface area contributed by atoms with E-state index >= 15 is 0 Å². The molecule has 3 aromatic rings. The van der Waals surface area contributed by atoms with E-state index in [-0.39, 0.29) is 0 Å². The molecule has 8 nitrogen and oxygen atoms in total. The molecule has 0 unspecified atom stereocenters. The van der Waals surface area contributed by atoms with Crippen molar-refractivity contribution in [2.75, 3.05) is 37.6 Å². The van der Waals surface area contributed by atoms with E-state index in [1.54, 1.807) is 17.7 Å². The SMILES string of the molecule is CCN1CCN(c2ncnc3scc(-c4ccc(C)cc4)c23)CC1.O=C(O)C(F)(F)F.O=C(O)C(F)(F)F. The summed E-state index contributed by atoms with van der Waals surface area (Å²) in [6.07, 6.45) is -8.46. The van der Waals surface area contributed by atoms with Gasteiger partial charge in [0.1, 0.15) is 17.0 Å². The van der Waals surface area contributed by atoms with Crippen LogP contribution in [0.15, 0.2) is 36.0 Å². The van der Waals surface area contributed by atoms with Crippen LogP contribution in [0.25, 0.3) is 21.3 Å². The van der Waals surface area contributed by atoms with Crippen LogP contribution in [0.1, 0.15) is 12.5 Å². The van der Waals surface area contributed by atoms with Crippen molar-refractivity contribution in [3.05, 3.63) is 41.5 Å². The number of likely N-dealkylation sites (N-methyl/N-ethyl adjacent to an activating group) is 1. The molecule has 1 fully saturated rings. The van der Waals surface area contributed by atoms with Crippen molar-refractivity contribution in [3.8, 4) is 11.1 Å². The lowest BCUT2D eigenvalue weighted by Gasteiger charge is -2.35. The Morgan fingerprint density at radius 1 is 0.921 bits per heavy atom. The van der Waals surface area contributed by atoms with Gasteiger partial charge in [-0.3, -0.25) is 0 Å². The number of benzene rings is 1. The number of aromatic nitrogens is 2. The van der Waals surface area contributed by atoms with Crippen molar-refractivity contribution in [1.29, 1.82) is 0 Å². The fourth-order valence-electron chi connectivity index (χ4n) is 3.32. The second-order valence-electron chi connectivity index (χ2n) is 7.92. The Hall–Kier alpha value is -3.46. The summed E-state index contributed by atoms with van der Waals surface area (Å²) in [5.74, 6) is -4.42. The van der Waals surface area contributed by atoms with E-state index in [9.17, 15) is 26.3 Å². The largest absolute Gasteiger partial charge is 0.490 e. The van der Waals surface area contributed by atoms with Gasteiger partial charge in [0.2, 0.25) is 0 Å². The van der Waals surface area contributed by atoms with Crippen LogP contribution in [0.2, 0.25) is 0 Å². The van der Waals surface area contributed by atoms with Crippen LogP contribution in [0.5, 0.6) is 0 Å². The maximum atomic E-state index is 10.6. The summed E-state index contributed by atoms with van der Waals surface area (Å²) in [6, 6.07) is 8.73. The molecule has 0 saturated carbocycles. The highest BCUT2D eigenvalue weighted by Crippen LogP contribution is 2.38. The molecule has 0 radical (unpaired) electrons. The van der Waals surface area contributed by atoms with Gasteiger partial charge in [-0.25, -0.2) is 19.6 Å². The first kappa shape index (κ1) is 30.8. The molecule has 0 bridgehead atoms. The number of hydrogen-bond acceptors (Lipinski definition) is 7. The van der Waals surface area contributed by atoms with E-state index in [4.69, 9.17) is 19.8 Å². The molecular weight excluding hydrogens is 542 g/mol. The lowest BCUT2D eigenvalue weighted by molar-refractivity contribution is -0.193. The zero-order valence-corrected chi connectivity index (χ0v) is 21.0. The lowest BCUT2D eigenvalue weighted by Crippen LogP contribution is -2.46. The molecule has 38 heavy (non-hydrogen) atoms. The van der Waals surface area contributed by atoms with Crippen LogP contribution in [-0.2, 0) is 9.59 Å². The first-order valence-corrected chi connectivity index (χ1v) is 11.9. The summed E-state index contributed by atoms with van der Waals surface area (Å²) in [4.78, 5) is 32.9. The van der Waals surface area contributed by atoms with Crippen LogP contribution in [0.3, 0.4) is 0 Å². The van der Waals surface area contributed by atoms with E-state index in [0.29, 0.717) is 0 Å². The number of rotatable bonds is 3. The van der Waals surface area contributed by atoms with E-state index in [1.807, 2.05) is 0 Å². The predicted octanol–water partition coefficient (Wildman–Crippen LogP) is 5.08. The molecule has 2 aromatic heterocycles. The Labute approximate surface area is 217 Å². The quantitative estimate of drug-likeness (QED) is 0.423. The van der Waals surface area contributed by atoms with E-state index in [1.165, 1.54) is 22.1 Å². The second-order valence-corrected chi connectivity index (χ2v) is 8.78. The van der Waals surface area contributed by atoms with Crippen LogP contribution in [-0.4, -0.2) is 82.1 Å². The molecular formula is C23H24F6N4O4S. The van der Waals surface area contributed by atoms with Gasteiger partial charge in [-0.05, 0) is 19.0 Å². The summed E-state index contributed by atoms with van der Waals surface area (Å²) in [7, 11) is 0. The number of alkyl halides is 6. The zero-order chi connectivity index (χ0) is 28.7. The summed E-state index contributed by atoms with van der Waals surface area (Å²) in [6.45, 7) is 9.74. The Morgan fingerprint density at radius 3 is 1.87 bits per heavy atom. The van der Waals surface area contributed by atoms with E-state index in [2.05, 4.69) is 63.3 Å². The molecule has 1 saturated heterocycles. The number of carboxylic acids is 2. The third-order valence-corrected chi connectivity index (χ3v) is 6.20. The Balaban J connectivity index is 0.000000301. The van der Waals surface area contributed by atoms with Gasteiger partial charge in [-0.1, -0.05) is 36.8 Å². The average Bonchev–Trinajstić information content (AvgIpc) is 3.29. The highest BCUT2D eigenvalue weighted by atomic mass is 32.1. The number of hydrogen-bond donors (Lipinski definition) is 2. The minimum atomic E-state index is -5.08. The van der Waals surface area contributed by atoms with Crippen molar-refractivity contribution in [1.82, 2.24) is 14.9 Å². The molecule has 3 heterocycles. The van der Waals surface area contributed by atoms with Crippen molar-refractivity contribution in [2.24, 2.45) is 0 Å². The van der Waals surface area contributed by atoms with Crippen LogP contribution < -0.4 is 4.90 Å². The van der Waals surface area contributed by atoms with Crippen LogP contribution in [0, 0.1) is 6.92 Å². The van der Waals surface area contributed by atoms with Gasteiger partial charge in [0.25, 0.3) is 0 Å². The van der Waals surface area contributed by atoms with Crippen LogP contribution >= 0.6 is 11.3 Å². The van der Waals surface area contributed by atoms with Gasteiger partial charge < -0.3 is 20.0 Å². The molecule has 0 amide bonds. The third kappa shape index (κ3) is 8.55. The number of carbonyl (C=O) groups is 2. The number of anilines is 1. The average molecular weight is 567 g/mol. The van der Waals surface area contributed by atoms with Crippen molar-refractivity contribution in [3.63, 3.8) is 0 Å². The number of aliphatic carboxylic acids is 2. The van der Waals surface area contributed by atoms with Gasteiger partial charge in [-0.15, -0.1) is 11.3 Å². The molecule has 2 N–H and O–H groups in total. The number of fused-ring (bicyclic) bond motifs is 1. The summed E-state index contributed by atoms with van der Waals surface area (Å²) in [5.41, 5.74) is 3.78. The summed E-state index contributed by atoms with van der Waals surface area (Å²) < 4.78 is 63.5. The highest BCUT2D eigenvalue weighted by molar-refractivity contribution is 7.17. The van der Waals surface area contributed by atoms with E-state index in [0.717, 1.165) is 43.4 Å². The second kappa shape index (κ2) is 12.9. The van der Waals surface area contributed by atoms with Gasteiger partial charge >= 0.3 is 24.3 Å². The molecule has 0 atom stereocenters. The minimum Gasteiger partial charge on any atom is -0.475 e. The topological polar surface area (TPSA) is 107 Å². The molecule has 1 aromatic carbocycles. The molecule has 0 aliphatic carbocycles. The van der Waals surface area contributed by atoms with Gasteiger partial charge in [0.15, 0.2) is 0 Å². The Morgan fingerprint density at radius 2 is 1.42 bits per heavy atom. The monoisotopic (exact) mass is 566 g/mol. The number of nitrogens with zero attached hydrogens (tertiary/aromatic N) is 4. The van der Waals surface area contributed by atoms with Gasteiger partial charge in [0.05, 0.1) is 5.39 Å². The van der Waals surface area contributed by atoms with Crippen molar-refractivity contribution < 1.29 is 46.1 Å². The van der Waals surface area contributed by atoms with E-state index < -0.39 is 24.3 Å². The maximum absolute atomic E-state index is 10.6. The number of halogens is 6. The first-order valence-electron chi connectivity index (χ1n) is 11.0. The number of aryl methyl sites for hydroxylation is 1. The number of thiophene rings is 1. The predicted molar refractivity (Wildman–Crippen MR) is 129 cm³/mol. The number of carboxylic acid groups (broad SMARTS) is 2. The normalized spacial score (nSPS) is 14.3. The zero-order valence-electron chi connectivity index (χ0n) is 20.2. The Kier molecular flexibility index (Phi) is 10.4. The van der Waals surface area contributed by atoms with Gasteiger partial charge in [-0.2, -0.15) is 26.3 Å².